The van der Waals surface area contributed by atoms with E-state index in [0.29, 0.717) is 5.75 Å². The lowest BCUT2D eigenvalue weighted by Gasteiger charge is -2.11. The first-order valence-electron chi connectivity index (χ1n) is 8.01. The molecule has 9 heteroatoms. The maximum absolute atomic E-state index is 11.7. The van der Waals surface area contributed by atoms with E-state index in [1.54, 1.807) is 12.1 Å². The van der Waals surface area contributed by atoms with Gasteiger partial charge < -0.3 is 9.47 Å². The third-order valence-corrected chi connectivity index (χ3v) is 3.45. The van der Waals surface area contributed by atoms with Gasteiger partial charge in [0.15, 0.2) is 19.0 Å². The highest BCUT2D eigenvalue weighted by Gasteiger charge is 2.15. The van der Waals surface area contributed by atoms with Crippen molar-refractivity contribution in [3.05, 3.63) is 63.7 Å². The van der Waals surface area contributed by atoms with Gasteiger partial charge in [0.2, 0.25) is 0 Å². The average Bonchev–Trinajstić information content (AvgIpc) is 2.64. The van der Waals surface area contributed by atoms with Gasteiger partial charge in [0.1, 0.15) is 5.75 Å². The van der Waals surface area contributed by atoms with Crippen LogP contribution in [0, 0.1) is 24.0 Å². The van der Waals surface area contributed by atoms with Crippen molar-refractivity contribution in [2.24, 2.45) is 0 Å². The average molecular weight is 373 g/mol. The summed E-state index contributed by atoms with van der Waals surface area (Å²) in [5.41, 5.74) is 6.05. The van der Waals surface area contributed by atoms with Gasteiger partial charge in [0.25, 0.3) is 11.8 Å². The van der Waals surface area contributed by atoms with E-state index in [-0.39, 0.29) is 18.0 Å². The predicted molar refractivity (Wildman–Crippen MR) is 96.3 cm³/mol. The van der Waals surface area contributed by atoms with Crippen LogP contribution in [0.25, 0.3) is 0 Å². The van der Waals surface area contributed by atoms with Crippen LogP contribution in [0.3, 0.4) is 0 Å². The number of benzene rings is 2. The molecule has 0 aliphatic carbocycles. The van der Waals surface area contributed by atoms with E-state index in [9.17, 15) is 19.7 Å². The molecule has 2 aromatic rings. The van der Waals surface area contributed by atoms with E-state index in [1.807, 2.05) is 26.0 Å². The molecule has 2 rings (SSSR count). The maximum Gasteiger partial charge on any atom is 0.310 e. The molecule has 0 aromatic heterocycles. The number of carbonyl (C=O) groups is 2. The summed E-state index contributed by atoms with van der Waals surface area (Å²) in [5, 5.41) is 10.9. The van der Waals surface area contributed by atoms with Crippen LogP contribution in [-0.4, -0.2) is 30.0 Å². The van der Waals surface area contributed by atoms with Gasteiger partial charge in [0.05, 0.1) is 4.92 Å². The lowest BCUT2D eigenvalue weighted by atomic mass is 10.1. The van der Waals surface area contributed by atoms with Gasteiger partial charge >= 0.3 is 5.69 Å². The molecule has 0 radical (unpaired) electrons. The first-order chi connectivity index (χ1) is 12.9. The normalized spacial score (nSPS) is 10.0. The molecule has 0 saturated heterocycles. The molecule has 2 amide bonds. The Kier molecular flexibility index (Phi) is 6.70. The fraction of sp³-hybridized carbons (Fsp3) is 0.222. The highest BCUT2D eigenvalue weighted by atomic mass is 16.6. The molecule has 2 aromatic carbocycles. The van der Waals surface area contributed by atoms with Gasteiger partial charge in [-0.3, -0.25) is 30.6 Å². The molecule has 0 atom stereocenters. The molecule has 27 heavy (non-hydrogen) atoms. The number of hydrogen-bond donors (Lipinski definition) is 2. The Morgan fingerprint density at radius 1 is 0.963 bits per heavy atom. The molecule has 0 spiro atoms. The number of ether oxygens (including phenoxy) is 2. The van der Waals surface area contributed by atoms with E-state index in [2.05, 4.69) is 10.9 Å². The fourth-order valence-corrected chi connectivity index (χ4v) is 2.19. The highest BCUT2D eigenvalue weighted by molar-refractivity contribution is 5.83. The van der Waals surface area contributed by atoms with Crippen molar-refractivity contribution < 1.29 is 24.0 Å². The third kappa shape index (κ3) is 5.99. The van der Waals surface area contributed by atoms with Crippen molar-refractivity contribution in [1.82, 2.24) is 10.9 Å². The van der Waals surface area contributed by atoms with E-state index < -0.39 is 23.3 Å². The smallest absolute Gasteiger partial charge is 0.310 e. The van der Waals surface area contributed by atoms with Crippen LogP contribution in [0.4, 0.5) is 5.69 Å². The summed E-state index contributed by atoms with van der Waals surface area (Å²) in [6, 6.07) is 11.2. The van der Waals surface area contributed by atoms with E-state index in [4.69, 9.17) is 9.47 Å². The number of hydrazine groups is 1. The van der Waals surface area contributed by atoms with E-state index in [1.165, 1.54) is 18.2 Å². The summed E-state index contributed by atoms with van der Waals surface area (Å²) >= 11 is 0. The standard InChI is InChI=1S/C18H19N3O6/c1-12-7-8-15(13(2)9-12)26-10-17(22)19-20-18(23)11-27-16-6-4-3-5-14(16)21(24)25/h3-9H,10-11H2,1-2H3,(H,19,22)(H,20,23). The largest absolute Gasteiger partial charge is 0.483 e. The second kappa shape index (κ2) is 9.18. The minimum atomic E-state index is -0.673. The molecule has 0 bridgehead atoms. The van der Waals surface area contributed by atoms with Crippen LogP contribution in [0.2, 0.25) is 0 Å². The number of hydrogen-bond acceptors (Lipinski definition) is 6. The lowest BCUT2D eigenvalue weighted by molar-refractivity contribution is -0.385. The molecular weight excluding hydrogens is 354 g/mol. The molecule has 142 valence electrons. The number of para-hydroxylation sites is 2. The van der Waals surface area contributed by atoms with Crippen molar-refractivity contribution in [1.29, 1.82) is 0 Å². The zero-order valence-corrected chi connectivity index (χ0v) is 14.9. The zero-order valence-electron chi connectivity index (χ0n) is 14.9. The van der Waals surface area contributed by atoms with E-state index in [0.717, 1.165) is 11.1 Å². The molecule has 0 heterocycles. The van der Waals surface area contributed by atoms with E-state index >= 15 is 0 Å². The highest BCUT2D eigenvalue weighted by Crippen LogP contribution is 2.25. The Morgan fingerprint density at radius 3 is 2.15 bits per heavy atom. The second-order valence-corrected chi connectivity index (χ2v) is 5.67. The number of rotatable bonds is 7. The first kappa shape index (κ1) is 19.7. The molecule has 0 fully saturated rings. The van der Waals surface area contributed by atoms with Crippen molar-refractivity contribution in [3.8, 4) is 11.5 Å². The molecule has 0 aliphatic rings. The summed E-state index contributed by atoms with van der Waals surface area (Å²) in [6.07, 6.45) is 0. The summed E-state index contributed by atoms with van der Waals surface area (Å²) in [4.78, 5) is 33.7. The number of nitro groups is 1. The number of nitrogens with one attached hydrogen (secondary N) is 2. The topological polar surface area (TPSA) is 120 Å². The maximum atomic E-state index is 11.7. The van der Waals surface area contributed by atoms with Gasteiger partial charge in [-0.25, -0.2) is 0 Å². The van der Waals surface area contributed by atoms with Crippen LogP contribution < -0.4 is 20.3 Å². The van der Waals surface area contributed by atoms with Crippen LogP contribution in [0.15, 0.2) is 42.5 Å². The quantitative estimate of drug-likeness (QED) is 0.564. The number of nitro benzene ring substituents is 1. The Morgan fingerprint density at radius 2 is 1.56 bits per heavy atom. The lowest BCUT2D eigenvalue weighted by Crippen LogP contribution is -2.45. The minimum Gasteiger partial charge on any atom is -0.483 e. The molecule has 0 aliphatic heterocycles. The van der Waals surface area contributed by atoms with Gasteiger partial charge in [-0.15, -0.1) is 0 Å². The van der Waals surface area contributed by atoms with Gasteiger partial charge in [0, 0.05) is 6.07 Å². The summed E-state index contributed by atoms with van der Waals surface area (Å²) in [5.74, 6) is -0.703. The van der Waals surface area contributed by atoms with Crippen LogP contribution in [0.1, 0.15) is 11.1 Å². The van der Waals surface area contributed by atoms with Crippen LogP contribution in [-0.2, 0) is 9.59 Å². The number of nitrogens with zero attached hydrogens (tertiary/aromatic N) is 1. The summed E-state index contributed by atoms with van der Waals surface area (Å²) in [7, 11) is 0. The minimum absolute atomic E-state index is 0.0397. The monoisotopic (exact) mass is 373 g/mol. The Balaban J connectivity index is 1.75. The van der Waals surface area contributed by atoms with Crippen LogP contribution >= 0.6 is 0 Å². The predicted octanol–water partition coefficient (Wildman–Crippen LogP) is 1.82. The van der Waals surface area contributed by atoms with Gasteiger partial charge in [-0.05, 0) is 31.5 Å². The molecule has 0 unspecified atom stereocenters. The molecular formula is C18H19N3O6. The third-order valence-electron chi connectivity index (χ3n) is 3.45. The Bertz CT molecular complexity index is 853. The van der Waals surface area contributed by atoms with Gasteiger partial charge in [-0.2, -0.15) is 0 Å². The number of carbonyl (C=O) groups excluding carboxylic acids is 2. The Hall–Kier alpha value is -3.62. The van der Waals surface area contributed by atoms with Crippen molar-refractivity contribution in [2.75, 3.05) is 13.2 Å². The molecule has 0 saturated carbocycles. The number of amides is 2. The second-order valence-electron chi connectivity index (χ2n) is 5.67. The Labute approximate surface area is 155 Å². The molecule has 2 N–H and O–H groups in total. The van der Waals surface area contributed by atoms with Crippen LogP contribution in [0.5, 0.6) is 11.5 Å². The van der Waals surface area contributed by atoms with Crippen molar-refractivity contribution in [2.45, 2.75) is 13.8 Å². The zero-order chi connectivity index (χ0) is 19.8. The van der Waals surface area contributed by atoms with Crippen molar-refractivity contribution in [3.63, 3.8) is 0 Å². The summed E-state index contributed by atoms with van der Waals surface area (Å²) in [6.45, 7) is 3.03. The SMILES string of the molecule is Cc1ccc(OCC(=O)NNC(=O)COc2ccccc2[N+](=O)[O-])c(C)c1. The summed E-state index contributed by atoms with van der Waals surface area (Å²) < 4.78 is 10.5. The van der Waals surface area contributed by atoms with Gasteiger partial charge in [-0.1, -0.05) is 29.8 Å². The number of aryl methyl sites for hydroxylation is 2. The fourth-order valence-electron chi connectivity index (χ4n) is 2.19. The van der Waals surface area contributed by atoms with Crippen molar-refractivity contribution >= 4 is 17.5 Å². The molecule has 9 nitrogen and oxygen atoms in total. The first-order valence-corrected chi connectivity index (χ1v) is 8.01.